The van der Waals surface area contributed by atoms with Crippen LogP contribution in [-0.4, -0.2) is 12.1 Å². The van der Waals surface area contributed by atoms with Gasteiger partial charge in [-0.15, -0.1) is 34.0 Å². The highest BCUT2D eigenvalue weighted by Crippen LogP contribution is 2.04. The number of nitrogens with two attached hydrogens (primary N) is 2. The zero-order chi connectivity index (χ0) is 6.62. The summed E-state index contributed by atoms with van der Waals surface area (Å²) in [7, 11) is 0. The smallest absolute Gasteiger partial charge is 0.00975 e. The standard InChI is InChI=1S/C6H16N2.2BrH/c1-6(2,8)4-3-5-7;;/h3-5,7-8H2,1-2H3;2*1H. The van der Waals surface area contributed by atoms with Gasteiger partial charge in [-0.05, 0) is 33.2 Å². The van der Waals surface area contributed by atoms with E-state index < -0.39 is 0 Å². The van der Waals surface area contributed by atoms with Crippen LogP contribution in [0.4, 0.5) is 0 Å². The Morgan fingerprint density at radius 2 is 1.60 bits per heavy atom. The molecule has 66 valence electrons. The summed E-state index contributed by atoms with van der Waals surface area (Å²) in [5, 5.41) is 0. The molecule has 0 saturated carbocycles. The van der Waals surface area contributed by atoms with Crippen molar-refractivity contribution in [1.82, 2.24) is 0 Å². The number of hydrogen-bond acceptors (Lipinski definition) is 2. The van der Waals surface area contributed by atoms with Gasteiger partial charge >= 0.3 is 0 Å². The first kappa shape index (κ1) is 17.1. The zero-order valence-corrected chi connectivity index (χ0v) is 10.0. The topological polar surface area (TPSA) is 52.0 Å². The van der Waals surface area contributed by atoms with E-state index in [-0.39, 0.29) is 39.5 Å². The summed E-state index contributed by atoms with van der Waals surface area (Å²) in [4.78, 5) is 0. The minimum atomic E-state index is -0.0284. The molecule has 0 spiro atoms. The Balaban J connectivity index is -0.000000245. The third-order valence-corrected chi connectivity index (χ3v) is 1.03. The van der Waals surface area contributed by atoms with E-state index in [1.165, 1.54) is 0 Å². The molecule has 2 nitrogen and oxygen atoms in total. The molecule has 0 aromatic rings. The molecule has 0 radical (unpaired) electrons. The van der Waals surface area contributed by atoms with E-state index in [0.717, 1.165) is 19.4 Å². The maximum Gasteiger partial charge on any atom is 0.00975 e. The molecular formula is C6H18Br2N2. The van der Waals surface area contributed by atoms with Gasteiger partial charge in [0.1, 0.15) is 0 Å². The number of halogens is 2. The van der Waals surface area contributed by atoms with E-state index >= 15 is 0 Å². The Morgan fingerprint density at radius 3 is 1.70 bits per heavy atom. The average Bonchev–Trinajstić information content (AvgIpc) is 1.59. The van der Waals surface area contributed by atoms with Crippen LogP contribution in [0.3, 0.4) is 0 Å². The summed E-state index contributed by atoms with van der Waals surface area (Å²) < 4.78 is 0. The van der Waals surface area contributed by atoms with Crippen molar-refractivity contribution < 1.29 is 0 Å². The summed E-state index contributed by atoms with van der Waals surface area (Å²) in [6, 6.07) is 0. The normalized spacial score (nSPS) is 9.60. The van der Waals surface area contributed by atoms with Gasteiger partial charge in [0.25, 0.3) is 0 Å². The molecule has 0 fully saturated rings. The van der Waals surface area contributed by atoms with Gasteiger partial charge < -0.3 is 11.5 Å². The van der Waals surface area contributed by atoms with Crippen LogP contribution in [-0.2, 0) is 0 Å². The predicted octanol–water partition coefficient (Wildman–Crippen LogP) is 1.62. The molecule has 0 aromatic carbocycles. The fourth-order valence-electron chi connectivity index (χ4n) is 0.558. The number of rotatable bonds is 3. The molecule has 0 bridgehead atoms. The Hall–Kier alpha value is 0.880. The predicted molar refractivity (Wildman–Crippen MR) is 57.2 cm³/mol. The van der Waals surface area contributed by atoms with Crippen LogP contribution in [0.25, 0.3) is 0 Å². The van der Waals surface area contributed by atoms with Crippen molar-refractivity contribution >= 4 is 34.0 Å². The van der Waals surface area contributed by atoms with E-state index in [1.807, 2.05) is 13.8 Å². The van der Waals surface area contributed by atoms with Crippen LogP contribution in [0, 0.1) is 0 Å². The van der Waals surface area contributed by atoms with E-state index in [9.17, 15) is 0 Å². The monoisotopic (exact) mass is 276 g/mol. The highest BCUT2D eigenvalue weighted by molar-refractivity contribution is 8.93. The molecule has 0 saturated heterocycles. The highest BCUT2D eigenvalue weighted by atomic mass is 79.9. The first-order chi connectivity index (χ1) is 3.56. The van der Waals surface area contributed by atoms with Crippen molar-refractivity contribution in [2.75, 3.05) is 6.54 Å². The number of hydrogen-bond donors (Lipinski definition) is 2. The molecule has 0 amide bonds. The van der Waals surface area contributed by atoms with Gasteiger partial charge in [-0.3, -0.25) is 0 Å². The van der Waals surface area contributed by atoms with E-state index in [0.29, 0.717) is 0 Å². The molecule has 4 heteroatoms. The van der Waals surface area contributed by atoms with Crippen molar-refractivity contribution in [3.63, 3.8) is 0 Å². The van der Waals surface area contributed by atoms with Gasteiger partial charge in [0.05, 0.1) is 0 Å². The van der Waals surface area contributed by atoms with Crippen molar-refractivity contribution in [1.29, 1.82) is 0 Å². The van der Waals surface area contributed by atoms with Crippen LogP contribution >= 0.6 is 34.0 Å². The molecule has 0 rings (SSSR count). The molecule has 0 heterocycles. The SMILES string of the molecule is Br.Br.CC(C)(N)CCCN. The van der Waals surface area contributed by atoms with Crippen LogP contribution < -0.4 is 11.5 Å². The minimum absolute atomic E-state index is 0. The Labute approximate surface area is 84.3 Å². The van der Waals surface area contributed by atoms with Gasteiger partial charge in [0.15, 0.2) is 0 Å². The van der Waals surface area contributed by atoms with Gasteiger partial charge in [0, 0.05) is 5.54 Å². The maximum absolute atomic E-state index is 5.67. The van der Waals surface area contributed by atoms with Crippen LogP contribution in [0.1, 0.15) is 26.7 Å². The maximum atomic E-state index is 5.67. The van der Waals surface area contributed by atoms with Gasteiger partial charge in [0.2, 0.25) is 0 Å². The fraction of sp³-hybridized carbons (Fsp3) is 1.00. The lowest BCUT2D eigenvalue weighted by Gasteiger charge is -2.16. The second kappa shape index (κ2) is 7.98. The molecule has 0 unspecified atom stereocenters. The van der Waals surface area contributed by atoms with Gasteiger partial charge in [-0.2, -0.15) is 0 Å². The quantitative estimate of drug-likeness (QED) is 0.824. The third kappa shape index (κ3) is 15.9. The van der Waals surface area contributed by atoms with E-state index in [1.54, 1.807) is 0 Å². The van der Waals surface area contributed by atoms with Crippen LogP contribution in [0.2, 0.25) is 0 Å². The van der Waals surface area contributed by atoms with Crippen molar-refractivity contribution in [3.8, 4) is 0 Å². The van der Waals surface area contributed by atoms with Crippen molar-refractivity contribution in [3.05, 3.63) is 0 Å². The molecule has 0 aromatic heterocycles. The first-order valence-corrected chi connectivity index (χ1v) is 3.05. The summed E-state index contributed by atoms with van der Waals surface area (Å²) >= 11 is 0. The largest absolute Gasteiger partial charge is 0.330 e. The second-order valence-electron chi connectivity index (χ2n) is 2.88. The highest BCUT2D eigenvalue weighted by Gasteiger charge is 2.07. The Kier molecular flexibility index (Phi) is 13.7. The lowest BCUT2D eigenvalue weighted by Crippen LogP contribution is -2.32. The van der Waals surface area contributed by atoms with Crippen LogP contribution in [0.5, 0.6) is 0 Å². The van der Waals surface area contributed by atoms with E-state index in [4.69, 9.17) is 11.5 Å². The molecule has 0 aliphatic rings. The molecule has 0 atom stereocenters. The summed E-state index contributed by atoms with van der Waals surface area (Å²) in [6.07, 6.45) is 2.05. The lowest BCUT2D eigenvalue weighted by atomic mass is 10.0. The van der Waals surface area contributed by atoms with Crippen LogP contribution in [0.15, 0.2) is 0 Å². The molecular weight excluding hydrogens is 260 g/mol. The molecule has 4 N–H and O–H groups in total. The fourth-order valence-corrected chi connectivity index (χ4v) is 0.558. The Bertz CT molecular complexity index is 61.3. The minimum Gasteiger partial charge on any atom is -0.330 e. The lowest BCUT2D eigenvalue weighted by molar-refractivity contribution is 0.462. The molecule has 0 aliphatic carbocycles. The van der Waals surface area contributed by atoms with Gasteiger partial charge in [-0.1, -0.05) is 0 Å². The molecule has 0 aliphatic heterocycles. The van der Waals surface area contributed by atoms with E-state index in [2.05, 4.69) is 0 Å². The second-order valence-corrected chi connectivity index (χ2v) is 2.88. The average molecular weight is 278 g/mol. The van der Waals surface area contributed by atoms with Gasteiger partial charge in [-0.25, -0.2) is 0 Å². The van der Waals surface area contributed by atoms with Crippen molar-refractivity contribution in [2.24, 2.45) is 11.5 Å². The summed E-state index contributed by atoms with van der Waals surface area (Å²) in [5.41, 5.74) is 10.9. The van der Waals surface area contributed by atoms with Crippen molar-refractivity contribution in [2.45, 2.75) is 32.2 Å². The summed E-state index contributed by atoms with van der Waals surface area (Å²) in [6.45, 7) is 4.78. The summed E-state index contributed by atoms with van der Waals surface area (Å²) in [5.74, 6) is 0. The first-order valence-electron chi connectivity index (χ1n) is 3.05. The Morgan fingerprint density at radius 1 is 1.20 bits per heavy atom. The third-order valence-electron chi connectivity index (χ3n) is 1.03. The zero-order valence-electron chi connectivity index (χ0n) is 6.59. The molecule has 10 heavy (non-hydrogen) atoms.